The second kappa shape index (κ2) is 9.37. The minimum Gasteiger partial charge on any atom is -0.493 e. The predicted octanol–water partition coefficient (Wildman–Crippen LogP) is 3.13. The number of pyridine rings is 1. The first-order valence-corrected chi connectivity index (χ1v) is 11.1. The van der Waals surface area contributed by atoms with Gasteiger partial charge in [0.15, 0.2) is 0 Å². The second-order valence-corrected chi connectivity index (χ2v) is 8.71. The van der Waals surface area contributed by atoms with Gasteiger partial charge in [-0.2, -0.15) is 0 Å². The molecule has 7 nitrogen and oxygen atoms in total. The summed E-state index contributed by atoms with van der Waals surface area (Å²) in [5, 5.41) is 0. The van der Waals surface area contributed by atoms with Gasteiger partial charge in [0.05, 0.1) is 42.3 Å². The Kier molecular flexibility index (Phi) is 6.59. The van der Waals surface area contributed by atoms with Crippen molar-refractivity contribution in [3.8, 4) is 5.75 Å². The van der Waals surface area contributed by atoms with Crippen LogP contribution in [-0.4, -0.2) is 57.1 Å². The molecule has 1 unspecified atom stereocenters. The van der Waals surface area contributed by atoms with Crippen molar-refractivity contribution in [1.82, 2.24) is 13.9 Å². The summed E-state index contributed by atoms with van der Waals surface area (Å²) in [6, 6.07) is 9.22. The summed E-state index contributed by atoms with van der Waals surface area (Å²) in [5.41, 5.74) is 3.00. The molecule has 0 amide bonds. The van der Waals surface area contributed by atoms with E-state index in [4.69, 9.17) is 14.2 Å². The van der Waals surface area contributed by atoms with E-state index in [1.54, 1.807) is 22.6 Å². The van der Waals surface area contributed by atoms with Crippen LogP contribution in [0.25, 0.3) is 11.0 Å². The number of imidazole rings is 1. The van der Waals surface area contributed by atoms with Crippen LogP contribution < -0.4 is 4.74 Å². The third-order valence-electron chi connectivity index (χ3n) is 5.21. The van der Waals surface area contributed by atoms with Gasteiger partial charge in [-0.1, -0.05) is 12.1 Å². The average Bonchev–Trinajstić information content (AvgIpc) is 3.24. The van der Waals surface area contributed by atoms with Crippen molar-refractivity contribution in [1.29, 1.82) is 0 Å². The lowest BCUT2D eigenvalue weighted by molar-refractivity contribution is -0.295. The van der Waals surface area contributed by atoms with Crippen molar-refractivity contribution in [2.24, 2.45) is 5.92 Å². The van der Waals surface area contributed by atoms with Crippen LogP contribution in [0.15, 0.2) is 42.9 Å². The van der Waals surface area contributed by atoms with E-state index in [2.05, 4.69) is 9.97 Å². The minimum absolute atomic E-state index is 0.141. The van der Waals surface area contributed by atoms with Crippen LogP contribution in [0.4, 0.5) is 8.78 Å². The summed E-state index contributed by atoms with van der Waals surface area (Å²) in [6.45, 7) is 0.325. The zero-order valence-corrected chi connectivity index (χ0v) is 17.8. The molecule has 0 bridgehead atoms. The average molecular weight is 451 g/mol. The van der Waals surface area contributed by atoms with Crippen molar-refractivity contribution < 1.29 is 27.2 Å². The maximum absolute atomic E-state index is 12.9. The van der Waals surface area contributed by atoms with Gasteiger partial charge in [0.25, 0.3) is 0 Å². The van der Waals surface area contributed by atoms with E-state index in [1.807, 2.05) is 31.2 Å². The van der Waals surface area contributed by atoms with Gasteiger partial charge in [0.1, 0.15) is 36.4 Å². The number of para-hydroxylation sites is 2. The molecule has 3 heterocycles. The minimum atomic E-state index is -1.78. The van der Waals surface area contributed by atoms with Crippen LogP contribution in [0.1, 0.15) is 11.3 Å². The Morgan fingerprint density at radius 1 is 1.19 bits per heavy atom. The van der Waals surface area contributed by atoms with E-state index in [0.717, 1.165) is 16.6 Å². The number of halogens is 2. The molecule has 1 aliphatic rings. The van der Waals surface area contributed by atoms with E-state index in [9.17, 15) is 13.0 Å². The standard InChI is InChI=1S/C21H23F2N3O4S/c1-15-18(11-31(27)26-14-25-17-4-2-3-5-19(17)26)24-7-6-20(15)28-8-16-9-29-21(12-22,13-23)30-10-16/h2-7,14,16H,8-13H2,1H3. The van der Waals surface area contributed by atoms with Crippen molar-refractivity contribution in [3.05, 3.63) is 54.1 Å². The number of benzene rings is 1. The van der Waals surface area contributed by atoms with Crippen molar-refractivity contribution >= 4 is 22.0 Å². The molecule has 0 spiro atoms. The van der Waals surface area contributed by atoms with Crippen LogP contribution in [0, 0.1) is 12.8 Å². The Bertz CT molecular complexity index is 1060. The lowest BCUT2D eigenvalue weighted by atomic mass is 10.1. The number of aromatic nitrogens is 3. The summed E-state index contributed by atoms with van der Waals surface area (Å²) >= 11 is 0. The van der Waals surface area contributed by atoms with Gasteiger partial charge in [-0.05, 0) is 25.1 Å². The van der Waals surface area contributed by atoms with Crippen molar-refractivity contribution in [2.45, 2.75) is 18.5 Å². The molecule has 31 heavy (non-hydrogen) atoms. The SMILES string of the molecule is Cc1c(OCC2COC(CF)(CF)OC2)ccnc1CS(=O)n1cnc2ccccc21. The molecule has 1 aliphatic heterocycles. The maximum Gasteiger partial charge on any atom is 0.226 e. The van der Waals surface area contributed by atoms with E-state index >= 15 is 0 Å². The Hall–Kier alpha value is -2.43. The number of hydrogen-bond donors (Lipinski definition) is 0. The number of ether oxygens (including phenoxy) is 3. The molecular formula is C21H23F2N3O4S. The summed E-state index contributed by atoms with van der Waals surface area (Å²) in [6.07, 6.45) is 3.17. The van der Waals surface area contributed by atoms with Crippen LogP contribution >= 0.6 is 0 Å². The molecule has 3 aromatic rings. The molecule has 1 aromatic carbocycles. The fraction of sp³-hybridized carbons (Fsp3) is 0.429. The maximum atomic E-state index is 12.9. The lowest BCUT2D eigenvalue weighted by Crippen LogP contribution is -2.48. The first-order valence-electron chi connectivity index (χ1n) is 9.83. The van der Waals surface area contributed by atoms with E-state index in [1.165, 1.54) is 0 Å². The monoisotopic (exact) mass is 451 g/mol. The highest BCUT2D eigenvalue weighted by Crippen LogP contribution is 2.26. The third-order valence-corrected chi connectivity index (χ3v) is 6.46. The molecule has 0 N–H and O–H groups in total. The van der Waals surface area contributed by atoms with Gasteiger partial charge in [-0.15, -0.1) is 0 Å². The van der Waals surface area contributed by atoms with Crippen molar-refractivity contribution in [3.63, 3.8) is 0 Å². The Morgan fingerprint density at radius 3 is 2.68 bits per heavy atom. The van der Waals surface area contributed by atoms with Crippen LogP contribution in [0.2, 0.25) is 0 Å². The Balaban J connectivity index is 1.40. The fourth-order valence-corrected chi connectivity index (χ4v) is 4.46. The topological polar surface area (TPSA) is 75.5 Å². The Labute approximate surface area is 180 Å². The summed E-state index contributed by atoms with van der Waals surface area (Å²) in [4.78, 5) is 8.64. The summed E-state index contributed by atoms with van der Waals surface area (Å²) < 4.78 is 56.8. The molecule has 1 atom stereocenters. The number of alkyl halides is 2. The van der Waals surface area contributed by atoms with Gasteiger partial charge >= 0.3 is 0 Å². The van der Waals surface area contributed by atoms with E-state index in [-0.39, 0.29) is 31.5 Å². The molecule has 1 fully saturated rings. The third kappa shape index (κ3) is 4.60. The lowest BCUT2D eigenvalue weighted by Gasteiger charge is -2.36. The largest absolute Gasteiger partial charge is 0.493 e. The molecule has 166 valence electrons. The highest BCUT2D eigenvalue weighted by molar-refractivity contribution is 7.82. The summed E-state index contributed by atoms with van der Waals surface area (Å²) in [7, 11) is -1.39. The highest BCUT2D eigenvalue weighted by Gasteiger charge is 2.38. The molecular weight excluding hydrogens is 428 g/mol. The van der Waals surface area contributed by atoms with Crippen LogP contribution in [-0.2, 0) is 26.2 Å². The number of nitrogens with zero attached hydrogens (tertiary/aromatic N) is 3. The highest BCUT2D eigenvalue weighted by atomic mass is 32.2. The second-order valence-electron chi connectivity index (χ2n) is 7.38. The molecule has 0 saturated carbocycles. The van der Waals surface area contributed by atoms with Gasteiger partial charge in [0.2, 0.25) is 5.79 Å². The molecule has 2 aromatic heterocycles. The number of rotatable bonds is 8. The van der Waals surface area contributed by atoms with Gasteiger partial charge in [-0.25, -0.2) is 21.9 Å². The van der Waals surface area contributed by atoms with Crippen LogP contribution in [0.5, 0.6) is 5.75 Å². The molecule has 1 saturated heterocycles. The predicted molar refractivity (Wildman–Crippen MR) is 112 cm³/mol. The zero-order chi connectivity index (χ0) is 21.8. The van der Waals surface area contributed by atoms with Crippen LogP contribution in [0.3, 0.4) is 0 Å². The Morgan fingerprint density at radius 2 is 1.94 bits per heavy atom. The van der Waals surface area contributed by atoms with Gasteiger partial charge in [0, 0.05) is 17.7 Å². The van der Waals surface area contributed by atoms with E-state index in [0.29, 0.717) is 11.4 Å². The quantitative estimate of drug-likeness (QED) is 0.524. The normalized spacial score (nSPS) is 17.6. The first-order chi connectivity index (χ1) is 15.0. The molecule has 10 heteroatoms. The molecule has 4 rings (SSSR count). The number of fused-ring (bicyclic) bond motifs is 1. The summed E-state index contributed by atoms with van der Waals surface area (Å²) in [5.74, 6) is -1.13. The van der Waals surface area contributed by atoms with Gasteiger partial charge < -0.3 is 14.2 Å². The smallest absolute Gasteiger partial charge is 0.226 e. The van der Waals surface area contributed by atoms with E-state index < -0.39 is 30.1 Å². The first kappa shape index (κ1) is 21.8. The molecule has 0 radical (unpaired) electrons. The fourth-order valence-electron chi connectivity index (χ4n) is 3.27. The molecule has 0 aliphatic carbocycles. The van der Waals surface area contributed by atoms with Gasteiger partial charge in [-0.3, -0.25) is 4.98 Å². The zero-order valence-electron chi connectivity index (χ0n) is 17.0. The number of hydrogen-bond acceptors (Lipinski definition) is 6. The van der Waals surface area contributed by atoms with Crippen molar-refractivity contribution in [2.75, 3.05) is 33.2 Å².